The minimum Gasteiger partial charge on any atom is -0.482 e. The van der Waals surface area contributed by atoms with Crippen LogP contribution < -0.4 is 15.0 Å². The number of rotatable bonds is 6. The van der Waals surface area contributed by atoms with E-state index in [1.54, 1.807) is 23.1 Å². The number of halogens is 1. The van der Waals surface area contributed by atoms with E-state index in [4.69, 9.17) is 16.3 Å². The van der Waals surface area contributed by atoms with E-state index in [-0.39, 0.29) is 28.8 Å². The van der Waals surface area contributed by atoms with Gasteiger partial charge < -0.3 is 19.7 Å². The molecule has 0 aromatic heterocycles. The number of nitrogens with zero attached hydrogens (tertiary/aromatic N) is 1. The minimum absolute atomic E-state index is 0.0374. The number of nitrogens with one attached hydrogen (secondary N) is 1. The summed E-state index contributed by atoms with van der Waals surface area (Å²) in [5.41, 5.74) is 1.49. The van der Waals surface area contributed by atoms with Crippen molar-refractivity contribution < 1.29 is 23.9 Å². The molecule has 1 N–H and O–H groups in total. The third kappa shape index (κ3) is 4.43. The number of para-hydroxylation sites is 2. The van der Waals surface area contributed by atoms with Crippen molar-refractivity contribution in [2.75, 3.05) is 30.5 Å². The maximum Gasteiger partial charge on any atom is 0.337 e. The Morgan fingerprint density at radius 1 is 1.21 bits per heavy atom. The molecule has 2 aromatic rings. The molecule has 1 saturated heterocycles. The Hall–Kier alpha value is -3.06. The molecule has 1 heterocycles. The van der Waals surface area contributed by atoms with Gasteiger partial charge in [-0.3, -0.25) is 9.59 Å². The van der Waals surface area contributed by atoms with Crippen molar-refractivity contribution in [3.63, 3.8) is 0 Å². The van der Waals surface area contributed by atoms with Crippen LogP contribution in [-0.4, -0.2) is 38.0 Å². The monoisotopic (exact) mass is 402 g/mol. The molecule has 0 unspecified atom stereocenters. The van der Waals surface area contributed by atoms with Crippen molar-refractivity contribution >= 4 is 40.8 Å². The quantitative estimate of drug-likeness (QED) is 0.749. The average Bonchev–Trinajstić information content (AvgIpc) is 3.12. The number of hydrogen-bond acceptors (Lipinski definition) is 5. The number of amides is 2. The highest BCUT2D eigenvalue weighted by atomic mass is 35.5. The van der Waals surface area contributed by atoms with Gasteiger partial charge >= 0.3 is 5.97 Å². The first-order chi connectivity index (χ1) is 13.5. The highest BCUT2D eigenvalue weighted by Gasteiger charge is 2.24. The van der Waals surface area contributed by atoms with Gasteiger partial charge in [0.1, 0.15) is 5.75 Å². The largest absolute Gasteiger partial charge is 0.482 e. The second kappa shape index (κ2) is 8.75. The molecule has 1 aliphatic heterocycles. The van der Waals surface area contributed by atoms with E-state index in [9.17, 15) is 14.4 Å². The van der Waals surface area contributed by atoms with Crippen LogP contribution in [0.15, 0.2) is 42.5 Å². The van der Waals surface area contributed by atoms with Crippen LogP contribution in [0.25, 0.3) is 0 Å². The van der Waals surface area contributed by atoms with Crippen LogP contribution in [0.2, 0.25) is 5.02 Å². The Bertz CT molecular complexity index is 915. The van der Waals surface area contributed by atoms with Gasteiger partial charge in [0.2, 0.25) is 5.91 Å². The first kappa shape index (κ1) is 19.7. The van der Waals surface area contributed by atoms with Crippen LogP contribution in [0.1, 0.15) is 23.2 Å². The van der Waals surface area contributed by atoms with Crippen LogP contribution in [0.3, 0.4) is 0 Å². The van der Waals surface area contributed by atoms with E-state index in [1.165, 1.54) is 25.3 Å². The van der Waals surface area contributed by atoms with Gasteiger partial charge in [0, 0.05) is 13.0 Å². The molecule has 28 heavy (non-hydrogen) atoms. The molecule has 0 saturated carbocycles. The Balaban J connectivity index is 1.64. The molecule has 0 atom stereocenters. The normalized spacial score (nSPS) is 13.4. The molecule has 1 aliphatic rings. The topological polar surface area (TPSA) is 84.9 Å². The Labute approximate surface area is 167 Å². The van der Waals surface area contributed by atoms with Gasteiger partial charge in [-0.05, 0) is 36.8 Å². The lowest BCUT2D eigenvalue weighted by Gasteiger charge is -2.20. The van der Waals surface area contributed by atoms with Crippen LogP contribution in [0.4, 0.5) is 11.4 Å². The minimum atomic E-state index is -0.515. The predicted molar refractivity (Wildman–Crippen MR) is 105 cm³/mol. The Morgan fingerprint density at radius 3 is 2.68 bits per heavy atom. The lowest BCUT2D eigenvalue weighted by Crippen LogP contribution is -2.27. The number of carbonyl (C=O) groups excluding carboxylic acids is 3. The van der Waals surface area contributed by atoms with E-state index in [0.717, 1.165) is 6.42 Å². The fourth-order valence-corrected chi connectivity index (χ4v) is 3.14. The van der Waals surface area contributed by atoms with E-state index < -0.39 is 11.9 Å². The van der Waals surface area contributed by atoms with E-state index in [1.807, 2.05) is 6.07 Å². The molecule has 3 rings (SSSR count). The molecule has 0 radical (unpaired) electrons. The molecule has 0 spiro atoms. The second-order valence-electron chi connectivity index (χ2n) is 6.14. The van der Waals surface area contributed by atoms with E-state index >= 15 is 0 Å². The number of anilines is 2. The second-order valence-corrected chi connectivity index (χ2v) is 6.55. The molecule has 1 fully saturated rings. The number of methoxy groups -OCH3 is 1. The predicted octanol–water partition coefficient (Wildman–Crippen LogP) is 3.27. The zero-order chi connectivity index (χ0) is 20.1. The summed E-state index contributed by atoms with van der Waals surface area (Å²) in [5, 5.41) is 2.95. The number of ether oxygens (including phenoxy) is 2. The van der Waals surface area contributed by atoms with Crippen LogP contribution in [0, 0.1) is 0 Å². The summed E-state index contributed by atoms with van der Waals surface area (Å²) in [7, 11) is 1.28. The van der Waals surface area contributed by atoms with Crippen molar-refractivity contribution in [2.45, 2.75) is 12.8 Å². The van der Waals surface area contributed by atoms with Gasteiger partial charge in [-0.1, -0.05) is 23.7 Å². The van der Waals surface area contributed by atoms with Crippen LogP contribution in [0.5, 0.6) is 5.75 Å². The zero-order valence-corrected chi connectivity index (χ0v) is 16.0. The van der Waals surface area contributed by atoms with Crippen molar-refractivity contribution in [1.82, 2.24) is 0 Å². The summed E-state index contributed by atoms with van der Waals surface area (Å²) in [6, 6.07) is 11.5. The first-order valence-corrected chi connectivity index (χ1v) is 9.07. The SMILES string of the molecule is COC(=O)c1ccc(OCC(=O)Nc2ccccc2N2CCCC2=O)c(Cl)c1. The first-order valence-electron chi connectivity index (χ1n) is 8.69. The lowest BCUT2D eigenvalue weighted by atomic mass is 10.2. The highest BCUT2D eigenvalue weighted by Crippen LogP contribution is 2.29. The van der Waals surface area contributed by atoms with Crippen LogP contribution >= 0.6 is 11.6 Å². The van der Waals surface area contributed by atoms with E-state index in [0.29, 0.717) is 24.3 Å². The summed E-state index contributed by atoms with van der Waals surface area (Å²) < 4.78 is 10.1. The van der Waals surface area contributed by atoms with Crippen molar-refractivity contribution in [2.24, 2.45) is 0 Å². The maximum atomic E-state index is 12.3. The molecular formula is C20H19ClN2O5. The summed E-state index contributed by atoms with van der Waals surface area (Å²) in [5.74, 6) is -0.602. The van der Waals surface area contributed by atoms with Gasteiger partial charge in [-0.2, -0.15) is 0 Å². The third-order valence-corrected chi connectivity index (χ3v) is 4.55. The third-order valence-electron chi connectivity index (χ3n) is 4.25. The zero-order valence-electron chi connectivity index (χ0n) is 15.2. The fraction of sp³-hybridized carbons (Fsp3) is 0.250. The molecule has 7 nitrogen and oxygen atoms in total. The highest BCUT2D eigenvalue weighted by molar-refractivity contribution is 6.32. The lowest BCUT2D eigenvalue weighted by molar-refractivity contribution is -0.118. The molecule has 2 aromatic carbocycles. The van der Waals surface area contributed by atoms with Crippen molar-refractivity contribution in [3.05, 3.63) is 53.1 Å². The number of hydrogen-bond donors (Lipinski definition) is 1. The number of carbonyl (C=O) groups is 3. The average molecular weight is 403 g/mol. The standard InChI is InChI=1S/C20H19ClN2O5/c1-27-20(26)13-8-9-17(14(21)11-13)28-12-18(24)22-15-5-2-3-6-16(15)23-10-4-7-19(23)25/h2-3,5-6,8-9,11H,4,7,10,12H2,1H3,(H,22,24). The van der Waals surface area contributed by atoms with Gasteiger partial charge in [0.05, 0.1) is 29.1 Å². The molecule has 0 aliphatic carbocycles. The maximum absolute atomic E-state index is 12.3. The number of esters is 1. The number of benzene rings is 2. The molecule has 8 heteroatoms. The van der Waals surface area contributed by atoms with Gasteiger partial charge in [0.15, 0.2) is 6.61 Å². The van der Waals surface area contributed by atoms with Crippen LogP contribution in [-0.2, 0) is 14.3 Å². The van der Waals surface area contributed by atoms with Crippen molar-refractivity contribution in [3.8, 4) is 5.75 Å². The Morgan fingerprint density at radius 2 is 2.00 bits per heavy atom. The van der Waals surface area contributed by atoms with E-state index in [2.05, 4.69) is 10.1 Å². The molecule has 0 bridgehead atoms. The Kier molecular flexibility index (Phi) is 6.16. The van der Waals surface area contributed by atoms with Gasteiger partial charge in [-0.25, -0.2) is 4.79 Å². The summed E-state index contributed by atoms with van der Waals surface area (Å²) in [6.45, 7) is 0.351. The summed E-state index contributed by atoms with van der Waals surface area (Å²) in [6.07, 6.45) is 1.30. The summed E-state index contributed by atoms with van der Waals surface area (Å²) in [4.78, 5) is 37.5. The molecule has 146 valence electrons. The molecular weight excluding hydrogens is 384 g/mol. The van der Waals surface area contributed by atoms with Gasteiger partial charge in [0.25, 0.3) is 5.91 Å². The summed E-state index contributed by atoms with van der Waals surface area (Å²) >= 11 is 6.09. The molecule has 2 amide bonds. The van der Waals surface area contributed by atoms with Gasteiger partial charge in [-0.15, -0.1) is 0 Å². The smallest absolute Gasteiger partial charge is 0.337 e. The van der Waals surface area contributed by atoms with Crippen molar-refractivity contribution in [1.29, 1.82) is 0 Å². The fourth-order valence-electron chi connectivity index (χ4n) is 2.91.